The lowest BCUT2D eigenvalue weighted by Crippen LogP contribution is -2.01. The van der Waals surface area contributed by atoms with Crippen LogP contribution in [-0.2, 0) is 0 Å². The monoisotopic (exact) mass is 180 g/mol. The molecule has 3 heteroatoms. The molecule has 0 bridgehead atoms. The van der Waals surface area contributed by atoms with Gasteiger partial charge in [0.2, 0.25) is 5.88 Å². The van der Waals surface area contributed by atoms with E-state index in [1.54, 1.807) is 13.3 Å². The Balaban J connectivity index is 2.95. The van der Waals surface area contributed by atoms with Gasteiger partial charge < -0.3 is 4.74 Å². The Hall–Kier alpha value is -1.12. The fourth-order valence-corrected chi connectivity index (χ4v) is 1.14. The second-order valence-corrected chi connectivity index (χ2v) is 3.20. The highest BCUT2D eigenvalue weighted by Crippen LogP contribution is 2.18. The van der Waals surface area contributed by atoms with Crippen molar-refractivity contribution in [2.24, 2.45) is 0 Å². The standard InChI is InChI=1S/C10H16N2O/c1-5-7(2)9-6-11-10(13-4)8(3)12-9/h6-7H,5H2,1-4H3/t7-/m0/s1. The zero-order valence-corrected chi connectivity index (χ0v) is 8.66. The van der Waals surface area contributed by atoms with Gasteiger partial charge in [-0.05, 0) is 19.3 Å². The van der Waals surface area contributed by atoms with E-state index in [9.17, 15) is 0 Å². The third-order valence-electron chi connectivity index (χ3n) is 2.23. The number of hydrogen-bond acceptors (Lipinski definition) is 3. The van der Waals surface area contributed by atoms with Crippen LogP contribution < -0.4 is 4.74 Å². The minimum atomic E-state index is 0.470. The van der Waals surface area contributed by atoms with Crippen molar-refractivity contribution in [1.82, 2.24) is 9.97 Å². The number of methoxy groups -OCH3 is 1. The van der Waals surface area contributed by atoms with Gasteiger partial charge in [0.1, 0.15) is 0 Å². The summed E-state index contributed by atoms with van der Waals surface area (Å²) in [5.41, 5.74) is 1.90. The highest BCUT2D eigenvalue weighted by atomic mass is 16.5. The van der Waals surface area contributed by atoms with Gasteiger partial charge in [-0.15, -0.1) is 0 Å². The van der Waals surface area contributed by atoms with Gasteiger partial charge in [0.15, 0.2) is 0 Å². The molecule has 1 rings (SSSR count). The molecule has 1 aromatic rings. The zero-order valence-electron chi connectivity index (χ0n) is 8.66. The predicted molar refractivity (Wildman–Crippen MR) is 52.0 cm³/mol. The topological polar surface area (TPSA) is 35.0 Å². The van der Waals surface area contributed by atoms with E-state index >= 15 is 0 Å². The van der Waals surface area contributed by atoms with Crippen molar-refractivity contribution < 1.29 is 4.74 Å². The van der Waals surface area contributed by atoms with Gasteiger partial charge in [-0.25, -0.2) is 4.98 Å². The van der Waals surface area contributed by atoms with Crippen LogP contribution in [0.2, 0.25) is 0 Å². The third-order valence-corrected chi connectivity index (χ3v) is 2.23. The van der Waals surface area contributed by atoms with E-state index in [0.717, 1.165) is 17.8 Å². The summed E-state index contributed by atoms with van der Waals surface area (Å²) < 4.78 is 5.04. The molecular formula is C10H16N2O. The maximum atomic E-state index is 5.04. The van der Waals surface area contributed by atoms with E-state index in [-0.39, 0.29) is 0 Å². The smallest absolute Gasteiger partial charge is 0.235 e. The summed E-state index contributed by atoms with van der Waals surface area (Å²) >= 11 is 0. The van der Waals surface area contributed by atoms with E-state index in [4.69, 9.17) is 4.74 Å². The lowest BCUT2D eigenvalue weighted by atomic mass is 10.1. The number of rotatable bonds is 3. The molecule has 0 N–H and O–H groups in total. The Labute approximate surface area is 79.2 Å². The second kappa shape index (κ2) is 4.21. The van der Waals surface area contributed by atoms with Crippen LogP contribution in [-0.4, -0.2) is 17.1 Å². The summed E-state index contributed by atoms with van der Waals surface area (Å²) in [7, 11) is 1.61. The lowest BCUT2D eigenvalue weighted by molar-refractivity contribution is 0.390. The molecule has 0 saturated carbocycles. The van der Waals surface area contributed by atoms with E-state index in [0.29, 0.717) is 11.8 Å². The Bertz CT molecular complexity index is 286. The first kappa shape index (κ1) is 9.96. The van der Waals surface area contributed by atoms with Gasteiger partial charge in [-0.2, -0.15) is 0 Å². The molecule has 72 valence electrons. The van der Waals surface area contributed by atoms with E-state index in [1.165, 1.54) is 0 Å². The van der Waals surface area contributed by atoms with E-state index in [1.807, 2.05) is 6.92 Å². The van der Waals surface area contributed by atoms with Gasteiger partial charge >= 0.3 is 0 Å². The van der Waals surface area contributed by atoms with Crippen LogP contribution in [0.3, 0.4) is 0 Å². The quantitative estimate of drug-likeness (QED) is 0.716. The van der Waals surface area contributed by atoms with Crippen molar-refractivity contribution >= 4 is 0 Å². The van der Waals surface area contributed by atoms with Crippen LogP contribution in [0.1, 0.15) is 37.6 Å². The molecule has 0 saturated heterocycles. The summed E-state index contributed by atoms with van der Waals surface area (Å²) in [5.74, 6) is 1.09. The number of aromatic nitrogens is 2. The second-order valence-electron chi connectivity index (χ2n) is 3.20. The largest absolute Gasteiger partial charge is 0.480 e. The summed E-state index contributed by atoms with van der Waals surface area (Å²) in [4.78, 5) is 8.61. The van der Waals surface area contributed by atoms with Crippen LogP contribution in [0.25, 0.3) is 0 Å². The molecule has 1 aromatic heterocycles. The predicted octanol–water partition coefficient (Wildman–Crippen LogP) is 2.31. The molecule has 0 fully saturated rings. The summed E-state index contributed by atoms with van der Waals surface area (Å²) in [6.45, 7) is 6.21. The van der Waals surface area contributed by atoms with Crippen molar-refractivity contribution in [3.63, 3.8) is 0 Å². The molecule has 1 atom stereocenters. The number of aryl methyl sites for hydroxylation is 1. The molecule has 3 nitrogen and oxygen atoms in total. The minimum Gasteiger partial charge on any atom is -0.480 e. The Morgan fingerprint density at radius 2 is 2.23 bits per heavy atom. The fraction of sp³-hybridized carbons (Fsp3) is 0.600. The van der Waals surface area contributed by atoms with Crippen molar-refractivity contribution in [3.05, 3.63) is 17.6 Å². The van der Waals surface area contributed by atoms with Crippen LogP contribution in [0, 0.1) is 6.92 Å². The number of ether oxygens (including phenoxy) is 1. The van der Waals surface area contributed by atoms with Crippen molar-refractivity contribution in [2.45, 2.75) is 33.1 Å². The van der Waals surface area contributed by atoms with Crippen molar-refractivity contribution in [2.75, 3.05) is 7.11 Å². The van der Waals surface area contributed by atoms with E-state index < -0.39 is 0 Å². The molecule has 0 aliphatic carbocycles. The maximum absolute atomic E-state index is 5.04. The molecule has 0 radical (unpaired) electrons. The number of hydrogen-bond donors (Lipinski definition) is 0. The first-order valence-corrected chi connectivity index (χ1v) is 4.56. The van der Waals surface area contributed by atoms with Gasteiger partial charge in [-0.1, -0.05) is 13.8 Å². The Kier molecular flexibility index (Phi) is 3.23. The van der Waals surface area contributed by atoms with Crippen LogP contribution in [0.15, 0.2) is 6.20 Å². The normalized spacial score (nSPS) is 12.6. The van der Waals surface area contributed by atoms with Crippen LogP contribution in [0.5, 0.6) is 5.88 Å². The molecule has 0 spiro atoms. The molecule has 0 amide bonds. The first-order chi connectivity index (χ1) is 6.19. The lowest BCUT2D eigenvalue weighted by Gasteiger charge is -2.09. The van der Waals surface area contributed by atoms with Gasteiger partial charge in [0.25, 0.3) is 0 Å². The Morgan fingerprint density at radius 3 is 2.69 bits per heavy atom. The van der Waals surface area contributed by atoms with Crippen molar-refractivity contribution in [3.8, 4) is 5.88 Å². The molecule has 0 aliphatic heterocycles. The number of nitrogens with zero attached hydrogens (tertiary/aromatic N) is 2. The van der Waals surface area contributed by atoms with Gasteiger partial charge in [0.05, 0.1) is 24.7 Å². The molecule has 13 heavy (non-hydrogen) atoms. The average molecular weight is 180 g/mol. The van der Waals surface area contributed by atoms with Crippen molar-refractivity contribution in [1.29, 1.82) is 0 Å². The fourth-order valence-electron chi connectivity index (χ4n) is 1.14. The molecule has 0 aliphatic rings. The summed E-state index contributed by atoms with van der Waals surface area (Å²) in [6, 6.07) is 0. The van der Waals surface area contributed by atoms with Gasteiger partial charge in [-0.3, -0.25) is 4.98 Å². The van der Waals surface area contributed by atoms with Crippen LogP contribution in [0.4, 0.5) is 0 Å². The highest BCUT2D eigenvalue weighted by Gasteiger charge is 2.07. The molecule has 0 aromatic carbocycles. The maximum Gasteiger partial charge on any atom is 0.235 e. The molecule has 0 unspecified atom stereocenters. The first-order valence-electron chi connectivity index (χ1n) is 4.56. The zero-order chi connectivity index (χ0) is 9.84. The molecule has 1 heterocycles. The van der Waals surface area contributed by atoms with Gasteiger partial charge in [0, 0.05) is 0 Å². The SMILES string of the molecule is CC[C@H](C)c1cnc(OC)c(C)n1. The van der Waals surface area contributed by atoms with Crippen LogP contribution >= 0.6 is 0 Å². The Morgan fingerprint density at radius 1 is 1.54 bits per heavy atom. The highest BCUT2D eigenvalue weighted by molar-refractivity contribution is 5.19. The minimum absolute atomic E-state index is 0.470. The third kappa shape index (κ3) is 2.17. The average Bonchev–Trinajstić information content (AvgIpc) is 2.16. The molecular weight excluding hydrogens is 164 g/mol. The summed E-state index contributed by atoms with van der Waals surface area (Å²) in [6.07, 6.45) is 2.88. The van der Waals surface area contributed by atoms with E-state index in [2.05, 4.69) is 23.8 Å². The summed E-state index contributed by atoms with van der Waals surface area (Å²) in [5, 5.41) is 0.